The summed E-state index contributed by atoms with van der Waals surface area (Å²) in [5.74, 6) is 0. The molecule has 1 amide bonds. The molecule has 0 aromatic rings. The minimum atomic E-state index is -0.560. The summed E-state index contributed by atoms with van der Waals surface area (Å²) in [7, 11) is 1.27. The van der Waals surface area contributed by atoms with Crippen LogP contribution in [-0.2, 0) is 4.74 Å². The second-order valence-corrected chi connectivity index (χ2v) is 2.25. The normalized spacial score (nSPS) is 8.73. The lowest BCUT2D eigenvalue weighted by molar-refractivity contribution is 0.172. The van der Waals surface area contributed by atoms with Gasteiger partial charge in [-0.2, -0.15) is 0 Å². The zero-order valence-corrected chi connectivity index (χ0v) is 6.97. The maximum absolute atomic E-state index is 10.6. The van der Waals surface area contributed by atoms with Crippen molar-refractivity contribution in [1.29, 1.82) is 0 Å². The Morgan fingerprint density at radius 3 is 2.36 bits per heavy atom. The van der Waals surface area contributed by atoms with Crippen LogP contribution in [0.15, 0.2) is 11.3 Å². The summed E-state index contributed by atoms with van der Waals surface area (Å²) in [6.07, 6.45) is -0.560. The molecule has 0 aliphatic carbocycles. The number of nitrogens with one attached hydrogen (secondary N) is 1. The van der Waals surface area contributed by atoms with E-state index in [1.807, 2.05) is 0 Å². The molecule has 0 aliphatic heterocycles. The third-order valence-electron chi connectivity index (χ3n) is 1.20. The number of alkyl carbamates (subject to hydrolysis) is 1. The standard InChI is InChI=1S/C7H13NO3/c1-5(2)6(4-9)8-7(10)11-3/h9H,4H2,1-3H3,(H,8,10). The molecule has 0 saturated carbocycles. The SMILES string of the molecule is COC(=O)NC(CO)=C(C)C. The maximum Gasteiger partial charge on any atom is 0.411 e. The van der Waals surface area contributed by atoms with E-state index in [0.717, 1.165) is 5.57 Å². The molecule has 0 fully saturated rings. The molecule has 0 bridgehead atoms. The van der Waals surface area contributed by atoms with Crippen LogP contribution >= 0.6 is 0 Å². The number of hydrogen-bond acceptors (Lipinski definition) is 3. The van der Waals surface area contributed by atoms with E-state index in [0.29, 0.717) is 5.70 Å². The number of ether oxygens (including phenoxy) is 1. The molecular formula is C7H13NO3. The highest BCUT2D eigenvalue weighted by atomic mass is 16.5. The monoisotopic (exact) mass is 159 g/mol. The van der Waals surface area contributed by atoms with E-state index in [9.17, 15) is 4.79 Å². The maximum atomic E-state index is 10.6. The van der Waals surface area contributed by atoms with Crippen LogP contribution in [0.5, 0.6) is 0 Å². The highest BCUT2D eigenvalue weighted by Crippen LogP contribution is 1.97. The molecule has 0 atom stereocenters. The van der Waals surface area contributed by atoms with Gasteiger partial charge in [-0.3, -0.25) is 5.32 Å². The van der Waals surface area contributed by atoms with Crippen LogP contribution in [0.1, 0.15) is 13.8 Å². The van der Waals surface area contributed by atoms with Gasteiger partial charge in [-0.05, 0) is 13.8 Å². The van der Waals surface area contributed by atoms with Crippen molar-refractivity contribution in [2.45, 2.75) is 13.8 Å². The van der Waals surface area contributed by atoms with Crippen molar-refractivity contribution in [2.24, 2.45) is 0 Å². The Hall–Kier alpha value is -1.03. The van der Waals surface area contributed by atoms with Crippen molar-refractivity contribution in [3.63, 3.8) is 0 Å². The van der Waals surface area contributed by atoms with Crippen LogP contribution in [-0.4, -0.2) is 24.9 Å². The molecule has 4 nitrogen and oxygen atoms in total. The van der Waals surface area contributed by atoms with E-state index in [1.165, 1.54) is 7.11 Å². The zero-order chi connectivity index (χ0) is 8.85. The number of carbonyl (C=O) groups excluding carboxylic acids is 1. The summed E-state index contributed by atoms with van der Waals surface area (Å²) in [4.78, 5) is 10.6. The molecule has 11 heavy (non-hydrogen) atoms. The van der Waals surface area contributed by atoms with Crippen LogP contribution in [0.25, 0.3) is 0 Å². The van der Waals surface area contributed by atoms with E-state index in [1.54, 1.807) is 13.8 Å². The van der Waals surface area contributed by atoms with Crippen molar-refractivity contribution in [1.82, 2.24) is 5.32 Å². The molecule has 0 rings (SSSR count). The number of allylic oxidation sites excluding steroid dienone is 1. The fraction of sp³-hybridized carbons (Fsp3) is 0.571. The third kappa shape index (κ3) is 3.62. The Morgan fingerprint density at radius 2 is 2.09 bits per heavy atom. The summed E-state index contributed by atoms with van der Waals surface area (Å²) < 4.78 is 4.34. The number of amides is 1. The highest BCUT2D eigenvalue weighted by molar-refractivity contribution is 5.69. The van der Waals surface area contributed by atoms with Gasteiger partial charge in [-0.25, -0.2) is 4.79 Å². The van der Waals surface area contributed by atoms with Crippen molar-refractivity contribution >= 4 is 6.09 Å². The van der Waals surface area contributed by atoms with E-state index in [2.05, 4.69) is 10.1 Å². The molecule has 0 heterocycles. The van der Waals surface area contributed by atoms with Gasteiger partial charge in [0.05, 0.1) is 13.7 Å². The van der Waals surface area contributed by atoms with Crippen LogP contribution in [0.3, 0.4) is 0 Å². The Bertz CT molecular complexity index is 171. The number of aliphatic hydroxyl groups excluding tert-OH is 1. The largest absolute Gasteiger partial charge is 0.453 e. The predicted octanol–water partition coefficient (Wildman–Crippen LogP) is 0.629. The lowest BCUT2D eigenvalue weighted by Gasteiger charge is -2.06. The van der Waals surface area contributed by atoms with Gasteiger partial charge in [0.15, 0.2) is 0 Å². The van der Waals surface area contributed by atoms with Crippen LogP contribution in [0, 0.1) is 0 Å². The molecule has 0 aliphatic rings. The first-order chi connectivity index (χ1) is 5.11. The average Bonchev–Trinajstić information content (AvgIpc) is 1.99. The van der Waals surface area contributed by atoms with Crippen LogP contribution < -0.4 is 5.32 Å². The minimum absolute atomic E-state index is 0.183. The zero-order valence-electron chi connectivity index (χ0n) is 6.97. The Labute approximate surface area is 65.9 Å². The molecule has 0 spiro atoms. The second kappa shape index (κ2) is 4.73. The number of carbonyl (C=O) groups is 1. The smallest absolute Gasteiger partial charge is 0.411 e. The van der Waals surface area contributed by atoms with Gasteiger partial charge in [0.1, 0.15) is 0 Å². The molecule has 0 aromatic heterocycles. The summed E-state index contributed by atoms with van der Waals surface area (Å²) >= 11 is 0. The molecular weight excluding hydrogens is 146 g/mol. The first-order valence-corrected chi connectivity index (χ1v) is 3.24. The summed E-state index contributed by atoms with van der Waals surface area (Å²) in [5, 5.41) is 11.1. The lowest BCUT2D eigenvalue weighted by atomic mass is 10.3. The Balaban J connectivity index is 4.11. The Morgan fingerprint density at radius 1 is 1.55 bits per heavy atom. The van der Waals surface area contributed by atoms with Gasteiger partial charge in [-0.15, -0.1) is 0 Å². The quantitative estimate of drug-likeness (QED) is 0.621. The molecule has 0 aromatic carbocycles. The third-order valence-corrected chi connectivity index (χ3v) is 1.20. The van der Waals surface area contributed by atoms with Gasteiger partial charge in [0.2, 0.25) is 0 Å². The van der Waals surface area contributed by atoms with Crippen molar-refractivity contribution in [3.8, 4) is 0 Å². The number of rotatable bonds is 2. The first-order valence-electron chi connectivity index (χ1n) is 3.24. The number of hydrogen-bond donors (Lipinski definition) is 2. The van der Waals surface area contributed by atoms with Gasteiger partial charge < -0.3 is 9.84 Å². The predicted molar refractivity (Wildman–Crippen MR) is 41.0 cm³/mol. The van der Waals surface area contributed by atoms with Crippen LogP contribution in [0.2, 0.25) is 0 Å². The van der Waals surface area contributed by atoms with E-state index < -0.39 is 6.09 Å². The van der Waals surface area contributed by atoms with Crippen molar-refractivity contribution in [2.75, 3.05) is 13.7 Å². The summed E-state index contributed by atoms with van der Waals surface area (Å²) in [6, 6.07) is 0. The van der Waals surface area contributed by atoms with Gasteiger partial charge >= 0.3 is 6.09 Å². The minimum Gasteiger partial charge on any atom is -0.453 e. The molecule has 64 valence electrons. The van der Waals surface area contributed by atoms with Crippen LogP contribution in [0.4, 0.5) is 4.79 Å². The fourth-order valence-corrected chi connectivity index (χ4v) is 0.497. The van der Waals surface area contributed by atoms with E-state index in [-0.39, 0.29) is 6.61 Å². The van der Waals surface area contributed by atoms with Gasteiger partial charge in [0, 0.05) is 5.70 Å². The number of aliphatic hydroxyl groups is 1. The van der Waals surface area contributed by atoms with E-state index >= 15 is 0 Å². The molecule has 0 saturated heterocycles. The molecule has 2 N–H and O–H groups in total. The summed E-state index contributed by atoms with van der Waals surface area (Å²) in [5.41, 5.74) is 1.34. The van der Waals surface area contributed by atoms with Crippen molar-refractivity contribution in [3.05, 3.63) is 11.3 Å². The average molecular weight is 159 g/mol. The van der Waals surface area contributed by atoms with Gasteiger partial charge in [0.25, 0.3) is 0 Å². The molecule has 0 radical (unpaired) electrons. The van der Waals surface area contributed by atoms with Gasteiger partial charge in [-0.1, -0.05) is 5.57 Å². The summed E-state index contributed by atoms with van der Waals surface area (Å²) in [6.45, 7) is 3.40. The van der Waals surface area contributed by atoms with Crippen molar-refractivity contribution < 1.29 is 14.6 Å². The lowest BCUT2D eigenvalue weighted by Crippen LogP contribution is -2.25. The molecule has 4 heteroatoms. The van der Waals surface area contributed by atoms with E-state index in [4.69, 9.17) is 5.11 Å². The fourth-order valence-electron chi connectivity index (χ4n) is 0.497. The Kier molecular flexibility index (Phi) is 4.29. The number of methoxy groups -OCH3 is 1. The molecule has 0 unspecified atom stereocenters. The topological polar surface area (TPSA) is 58.6 Å². The first kappa shape index (κ1) is 9.97. The second-order valence-electron chi connectivity index (χ2n) is 2.25. The highest BCUT2D eigenvalue weighted by Gasteiger charge is 2.02.